The van der Waals surface area contributed by atoms with E-state index in [4.69, 9.17) is 33.2 Å². The van der Waals surface area contributed by atoms with Crippen LogP contribution >= 0.6 is 0 Å². The lowest BCUT2D eigenvalue weighted by molar-refractivity contribution is -0.268. The fourth-order valence-corrected chi connectivity index (χ4v) is 7.32. The van der Waals surface area contributed by atoms with E-state index in [0.717, 1.165) is 40.5 Å². The normalized spacial score (nSPS) is 21.7. The minimum Gasteiger partial charge on any atom is -0.493 e. The second-order valence-electron chi connectivity index (χ2n) is 15.0. The maximum atomic E-state index is 13.8. The molecule has 4 heterocycles. The van der Waals surface area contributed by atoms with Gasteiger partial charge < -0.3 is 58.2 Å². The van der Waals surface area contributed by atoms with Crippen molar-refractivity contribution in [1.29, 1.82) is 0 Å². The van der Waals surface area contributed by atoms with Crippen molar-refractivity contribution in [3.05, 3.63) is 35.7 Å². The number of hydrogen-bond donors (Lipinski definition) is 2. The number of methoxy groups -OCH3 is 1. The van der Waals surface area contributed by atoms with E-state index in [1.807, 2.05) is 19.0 Å². The van der Waals surface area contributed by atoms with Crippen LogP contribution in [-0.2, 0) is 47.7 Å². The van der Waals surface area contributed by atoms with Gasteiger partial charge >= 0.3 is 23.9 Å². The van der Waals surface area contributed by atoms with E-state index in [-0.39, 0.29) is 49.3 Å². The first-order chi connectivity index (χ1) is 29.1. The summed E-state index contributed by atoms with van der Waals surface area (Å²) in [6.45, 7) is 5.71. The predicted octanol–water partition coefficient (Wildman–Crippen LogP) is 2.55. The maximum Gasteiger partial charge on any atom is 0.303 e. The zero-order valence-electron chi connectivity index (χ0n) is 35.4. The summed E-state index contributed by atoms with van der Waals surface area (Å²) in [6.07, 6.45) is -1.40. The van der Waals surface area contributed by atoms with Crippen molar-refractivity contribution < 1.29 is 66.7 Å². The number of carbonyl (C=O) groups is 7. The molecule has 1 aromatic carbocycles. The number of ether oxygens (including phenoxy) is 7. The van der Waals surface area contributed by atoms with Gasteiger partial charge in [0.05, 0.1) is 36.7 Å². The number of esters is 4. The van der Waals surface area contributed by atoms with E-state index in [9.17, 15) is 33.6 Å². The van der Waals surface area contributed by atoms with Crippen LogP contribution in [0.15, 0.2) is 29.4 Å². The number of hydrogen-bond acceptors (Lipinski definition) is 16. The molecule has 0 bridgehead atoms. The number of rotatable bonds is 18. The molecule has 6 atom stereocenters. The van der Waals surface area contributed by atoms with E-state index in [1.54, 1.807) is 23.2 Å². The van der Waals surface area contributed by atoms with Gasteiger partial charge in [0, 0.05) is 65.7 Å². The standard InChI is InChI=1S/C41H54N6O14/c1-23(48)57-22-34-36(58-24(2)49)37(59-25(3)50)38(60-26(4)51)41(61-34)47-21-27(17-31(47)39(53)42-13-10-14-45(5)6)44-35(52)12-9-16-56-33-19-30-29(18-32(33)55-7)40(54)46-15-8-11-28(46)20-43-30/h17-21,28,34,36-38,41H,8-16,22H2,1-7H3,(H,42,53)(H,44,52)/t28-,34-,36-,37+,38-,41+/m1/s1. The highest BCUT2D eigenvalue weighted by atomic mass is 16.7. The molecule has 1 aromatic heterocycles. The number of aromatic nitrogens is 1. The Morgan fingerprint density at radius 1 is 0.902 bits per heavy atom. The van der Waals surface area contributed by atoms with Crippen LogP contribution in [0.5, 0.6) is 11.5 Å². The van der Waals surface area contributed by atoms with Crippen LogP contribution in [0, 0.1) is 0 Å². The van der Waals surface area contributed by atoms with Crippen LogP contribution in [0.2, 0.25) is 0 Å². The fraction of sp³-hybridized carbons (Fsp3) is 0.561. The Hall–Kier alpha value is -6.02. The van der Waals surface area contributed by atoms with Crippen LogP contribution in [0.25, 0.3) is 0 Å². The number of benzene rings is 1. The third-order valence-corrected chi connectivity index (χ3v) is 9.94. The Kier molecular flexibility index (Phi) is 15.8. The molecule has 20 heteroatoms. The van der Waals surface area contributed by atoms with E-state index >= 15 is 0 Å². The van der Waals surface area contributed by atoms with Gasteiger partial charge in [-0.05, 0) is 58.5 Å². The Labute approximate surface area is 353 Å². The number of carbonyl (C=O) groups excluding carboxylic acids is 7. The number of nitrogens with zero attached hydrogens (tertiary/aromatic N) is 4. The molecule has 5 rings (SSSR count). The number of nitrogens with one attached hydrogen (secondary N) is 2. The van der Waals surface area contributed by atoms with Crippen LogP contribution in [-0.4, -0.2) is 147 Å². The summed E-state index contributed by atoms with van der Waals surface area (Å²) in [4.78, 5) is 97.8. The van der Waals surface area contributed by atoms with Crippen LogP contribution in [0.4, 0.5) is 11.4 Å². The smallest absolute Gasteiger partial charge is 0.303 e. The SMILES string of the molecule is COc1cc2c(cc1OCCCC(=O)Nc1cc(C(=O)NCCCN(C)C)n([C@H]3O[C@H](COC(C)=O)[C@@H](OC(C)=O)[C@H](OC(C)=O)[C@H]3OC(C)=O)c1)N=C[C@H]1CCCN1C2=O. The molecular weight excluding hydrogens is 800 g/mol. The van der Waals surface area contributed by atoms with Crippen molar-refractivity contribution in [2.45, 2.75) is 96.5 Å². The van der Waals surface area contributed by atoms with E-state index < -0.39 is 72.9 Å². The highest BCUT2D eigenvalue weighted by Gasteiger charge is 2.53. The van der Waals surface area contributed by atoms with Gasteiger partial charge in [-0.1, -0.05) is 0 Å². The summed E-state index contributed by atoms with van der Waals surface area (Å²) >= 11 is 0. The average Bonchev–Trinajstić information content (AvgIpc) is 3.82. The lowest BCUT2D eigenvalue weighted by Gasteiger charge is -2.45. The maximum absolute atomic E-state index is 13.8. The van der Waals surface area contributed by atoms with Crippen LogP contribution in [0.1, 0.15) is 86.9 Å². The summed E-state index contributed by atoms with van der Waals surface area (Å²) in [5.74, 6) is -3.56. The lowest BCUT2D eigenvalue weighted by Crippen LogP contribution is -2.60. The molecule has 2 fully saturated rings. The molecule has 0 radical (unpaired) electrons. The molecule has 61 heavy (non-hydrogen) atoms. The fourth-order valence-electron chi connectivity index (χ4n) is 7.32. The van der Waals surface area contributed by atoms with Gasteiger partial charge in [-0.25, -0.2) is 0 Å². The highest BCUT2D eigenvalue weighted by molar-refractivity contribution is 6.03. The van der Waals surface area contributed by atoms with Gasteiger partial charge in [0.1, 0.15) is 18.4 Å². The van der Waals surface area contributed by atoms with Crippen molar-refractivity contribution in [3.8, 4) is 11.5 Å². The second kappa shape index (κ2) is 21.0. The summed E-state index contributed by atoms with van der Waals surface area (Å²) in [5, 5.41) is 5.63. The van der Waals surface area contributed by atoms with Gasteiger partial charge in [0.15, 0.2) is 36.0 Å². The molecular formula is C41H54N6O14. The van der Waals surface area contributed by atoms with Gasteiger partial charge in [-0.2, -0.15) is 0 Å². The Balaban J connectivity index is 1.37. The molecule has 2 N–H and O–H groups in total. The molecule has 0 saturated carbocycles. The first-order valence-corrected chi connectivity index (χ1v) is 20.0. The zero-order valence-corrected chi connectivity index (χ0v) is 35.4. The Bertz CT molecular complexity index is 2000. The van der Waals surface area contributed by atoms with Crippen molar-refractivity contribution >= 4 is 59.2 Å². The summed E-state index contributed by atoms with van der Waals surface area (Å²) in [5.41, 5.74) is 1.00. The van der Waals surface area contributed by atoms with E-state index in [2.05, 4.69) is 15.6 Å². The molecule has 3 aliphatic rings. The van der Waals surface area contributed by atoms with Crippen LogP contribution in [0.3, 0.4) is 0 Å². The Morgan fingerprint density at radius 3 is 2.28 bits per heavy atom. The lowest BCUT2D eigenvalue weighted by atomic mass is 9.97. The monoisotopic (exact) mass is 854 g/mol. The first-order valence-electron chi connectivity index (χ1n) is 20.0. The van der Waals surface area contributed by atoms with Gasteiger partial charge in [-0.3, -0.25) is 38.6 Å². The van der Waals surface area contributed by atoms with Gasteiger partial charge in [0.2, 0.25) is 5.91 Å². The van der Waals surface area contributed by atoms with Crippen molar-refractivity contribution in [3.63, 3.8) is 0 Å². The van der Waals surface area contributed by atoms with Crippen molar-refractivity contribution in [1.82, 2.24) is 19.7 Å². The topological polar surface area (TPSA) is 232 Å². The molecule has 0 aliphatic carbocycles. The molecule has 0 spiro atoms. The second-order valence-corrected chi connectivity index (χ2v) is 15.0. The minimum atomic E-state index is -1.52. The molecule has 332 valence electrons. The molecule has 2 saturated heterocycles. The van der Waals surface area contributed by atoms with Gasteiger partial charge in [0.25, 0.3) is 11.8 Å². The largest absolute Gasteiger partial charge is 0.493 e. The third kappa shape index (κ3) is 12.1. The number of aliphatic imine (C=N–C) groups is 1. The first kappa shape index (κ1) is 46.1. The third-order valence-electron chi connectivity index (χ3n) is 9.94. The number of amides is 3. The Morgan fingerprint density at radius 2 is 1.61 bits per heavy atom. The van der Waals surface area contributed by atoms with Crippen LogP contribution < -0.4 is 20.1 Å². The molecule has 2 aromatic rings. The molecule has 0 unspecified atom stereocenters. The quantitative estimate of drug-likeness (QED) is 0.125. The number of anilines is 1. The van der Waals surface area contributed by atoms with Crippen molar-refractivity contribution in [2.75, 3.05) is 59.4 Å². The summed E-state index contributed by atoms with van der Waals surface area (Å²) < 4.78 is 41.1. The van der Waals surface area contributed by atoms with E-state index in [1.165, 1.54) is 23.9 Å². The average molecular weight is 855 g/mol. The molecule has 3 aliphatic heterocycles. The predicted molar refractivity (Wildman–Crippen MR) is 216 cm³/mol. The van der Waals surface area contributed by atoms with E-state index in [0.29, 0.717) is 42.3 Å². The van der Waals surface area contributed by atoms with Crippen molar-refractivity contribution in [2.24, 2.45) is 4.99 Å². The molecule has 3 amide bonds. The van der Waals surface area contributed by atoms with Gasteiger partial charge in [-0.15, -0.1) is 0 Å². The highest BCUT2D eigenvalue weighted by Crippen LogP contribution is 2.39. The summed E-state index contributed by atoms with van der Waals surface area (Å²) in [6, 6.07) is 4.60. The molecule has 20 nitrogen and oxygen atoms in total. The zero-order chi connectivity index (χ0) is 44.4. The number of fused-ring (bicyclic) bond motifs is 2. The summed E-state index contributed by atoms with van der Waals surface area (Å²) in [7, 11) is 5.26. The minimum absolute atomic E-state index is 0.0170.